The topological polar surface area (TPSA) is 90.4 Å². The van der Waals surface area contributed by atoms with Crippen LogP contribution in [-0.2, 0) is 6.42 Å². The van der Waals surface area contributed by atoms with Gasteiger partial charge >= 0.3 is 0 Å². The molecule has 1 heterocycles. The zero-order chi connectivity index (χ0) is 14.5. The first-order chi connectivity index (χ1) is 9.65. The number of hydrogen-bond acceptors (Lipinski definition) is 6. The molecule has 0 aliphatic heterocycles. The molecule has 0 saturated heterocycles. The van der Waals surface area contributed by atoms with E-state index in [-0.39, 0.29) is 0 Å². The van der Waals surface area contributed by atoms with Crippen LogP contribution in [0.25, 0.3) is 0 Å². The molecule has 0 saturated carbocycles. The molecule has 2 aromatic rings. The number of hydrogen-bond donors (Lipinski definition) is 2. The number of ether oxygens (including phenoxy) is 1. The van der Waals surface area contributed by atoms with Gasteiger partial charge in [-0.25, -0.2) is 10.1 Å². The number of aryl methyl sites for hydroxylation is 1. The standard InChI is InChI=1S/C12H15BrN6O/c1-3-11-16-18-12(19(11)14)17-15-7-8-6-9(13)4-5-10(8)20-2/h4-7H,3,14H2,1-2H3,(H,17,18). The van der Waals surface area contributed by atoms with Crippen LogP contribution in [0, 0.1) is 0 Å². The van der Waals surface area contributed by atoms with Crippen molar-refractivity contribution in [1.82, 2.24) is 14.9 Å². The molecule has 1 aromatic heterocycles. The summed E-state index contributed by atoms with van der Waals surface area (Å²) < 4.78 is 7.56. The monoisotopic (exact) mass is 338 g/mol. The highest BCUT2D eigenvalue weighted by Gasteiger charge is 2.06. The van der Waals surface area contributed by atoms with E-state index in [0.29, 0.717) is 18.2 Å². The van der Waals surface area contributed by atoms with Crippen LogP contribution in [0.3, 0.4) is 0 Å². The molecule has 2 rings (SSSR count). The van der Waals surface area contributed by atoms with Gasteiger partial charge in [-0.2, -0.15) is 5.10 Å². The van der Waals surface area contributed by atoms with Gasteiger partial charge in [0.25, 0.3) is 5.95 Å². The number of nitrogens with one attached hydrogen (secondary N) is 1. The third-order valence-electron chi connectivity index (χ3n) is 2.64. The van der Waals surface area contributed by atoms with Gasteiger partial charge in [-0.1, -0.05) is 22.9 Å². The number of hydrazone groups is 1. The molecule has 20 heavy (non-hydrogen) atoms. The fraction of sp³-hybridized carbons (Fsp3) is 0.250. The van der Waals surface area contributed by atoms with E-state index in [2.05, 4.69) is 36.7 Å². The van der Waals surface area contributed by atoms with E-state index in [9.17, 15) is 0 Å². The van der Waals surface area contributed by atoms with Gasteiger partial charge < -0.3 is 10.6 Å². The minimum atomic E-state index is 0.382. The van der Waals surface area contributed by atoms with Gasteiger partial charge in [-0.15, -0.1) is 10.2 Å². The summed E-state index contributed by atoms with van der Waals surface area (Å²) in [6, 6.07) is 5.65. The molecule has 106 valence electrons. The Morgan fingerprint density at radius 1 is 1.50 bits per heavy atom. The molecule has 0 fully saturated rings. The number of nitrogen functional groups attached to an aromatic ring is 1. The first-order valence-corrected chi connectivity index (χ1v) is 6.77. The average molecular weight is 339 g/mol. The maximum absolute atomic E-state index is 5.80. The second-order valence-electron chi connectivity index (χ2n) is 3.92. The number of rotatable bonds is 5. The minimum Gasteiger partial charge on any atom is -0.496 e. The fourth-order valence-corrected chi connectivity index (χ4v) is 1.99. The Morgan fingerprint density at radius 3 is 2.95 bits per heavy atom. The summed E-state index contributed by atoms with van der Waals surface area (Å²) in [5, 5.41) is 11.9. The van der Waals surface area contributed by atoms with Gasteiger partial charge in [0.05, 0.1) is 13.3 Å². The molecule has 0 radical (unpaired) electrons. The number of halogens is 1. The Hall–Kier alpha value is -2.09. The third kappa shape index (κ3) is 3.08. The van der Waals surface area contributed by atoms with Crippen LogP contribution in [0.5, 0.6) is 5.75 Å². The third-order valence-corrected chi connectivity index (χ3v) is 3.14. The predicted molar refractivity (Wildman–Crippen MR) is 81.5 cm³/mol. The number of anilines is 1. The van der Waals surface area contributed by atoms with Crippen molar-refractivity contribution in [1.29, 1.82) is 0 Å². The largest absolute Gasteiger partial charge is 0.496 e. The van der Waals surface area contributed by atoms with E-state index in [4.69, 9.17) is 10.6 Å². The smallest absolute Gasteiger partial charge is 0.263 e. The summed E-state index contributed by atoms with van der Waals surface area (Å²) >= 11 is 3.40. The van der Waals surface area contributed by atoms with Crippen molar-refractivity contribution in [2.45, 2.75) is 13.3 Å². The molecule has 0 aliphatic rings. The van der Waals surface area contributed by atoms with Crippen LogP contribution >= 0.6 is 15.9 Å². The van der Waals surface area contributed by atoms with Crippen molar-refractivity contribution in [3.8, 4) is 5.75 Å². The number of nitrogens with zero attached hydrogens (tertiary/aromatic N) is 4. The van der Waals surface area contributed by atoms with E-state index < -0.39 is 0 Å². The van der Waals surface area contributed by atoms with Crippen molar-refractivity contribution in [2.75, 3.05) is 18.4 Å². The summed E-state index contributed by atoms with van der Waals surface area (Å²) in [6.07, 6.45) is 2.33. The summed E-state index contributed by atoms with van der Waals surface area (Å²) in [5.74, 6) is 7.59. The van der Waals surface area contributed by atoms with Crippen molar-refractivity contribution in [3.63, 3.8) is 0 Å². The second-order valence-corrected chi connectivity index (χ2v) is 4.84. The van der Waals surface area contributed by atoms with Gasteiger partial charge in [0.1, 0.15) is 5.75 Å². The lowest BCUT2D eigenvalue weighted by atomic mass is 10.2. The lowest BCUT2D eigenvalue weighted by molar-refractivity contribution is 0.414. The Bertz CT molecular complexity index is 624. The van der Waals surface area contributed by atoms with Gasteiger partial charge in [-0.05, 0) is 18.2 Å². The highest BCUT2D eigenvalue weighted by atomic mass is 79.9. The lowest BCUT2D eigenvalue weighted by Gasteiger charge is -2.05. The highest BCUT2D eigenvalue weighted by Crippen LogP contribution is 2.21. The summed E-state index contributed by atoms with van der Waals surface area (Å²) in [6.45, 7) is 1.95. The van der Waals surface area contributed by atoms with Crippen molar-refractivity contribution in [2.24, 2.45) is 5.10 Å². The zero-order valence-electron chi connectivity index (χ0n) is 11.2. The number of benzene rings is 1. The van der Waals surface area contributed by atoms with Gasteiger partial charge in [0, 0.05) is 16.5 Å². The normalized spacial score (nSPS) is 10.9. The minimum absolute atomic E-state index is 0.382. The fourth-order valence-electron chi connectivity index (χ4n) is 1.61. The van der Waals surface area contributed by atoms with E-state index in [1.165, 1.54) is 4.68 Å². The SMILES string of the molecule is CCc1nnc(NN=Cc2cc(Br)ccc2OC)n1N. The summed E-state index contributed by atoms with van der Waals surface area (Å²) in [5.41, 5.74) is 3.58. The molecular weight excluding hydrogens is 324 g/mol. The molecular formula is C12H15BrN6O. The van der Waals surface area contributed by atoms with Crippen LogP contribution in [0.1, 0.15) is 18.3 Å². The Labute approximate surface area is 124 Å². The molecule has 3 N–H and O–H groups in total. The zero-order valence-corrected chi connectivity index (χ0v) is 12.8. The van der Waals surface area contributed by atoms with Crippen molar-refractivity contribution in [3.05, 3.63) is 34.1 Å². The van der Waals surface area contributed by atoms with Crippen LogP contribution in [0.4, 0.5) is 5.95 Å². The highest BCUT2D eigenvalue weighted by molar-refractivity contribution is 9.10. The number of methoxy groups -OCH3 is 1. The van der Waals surface area contributed by atoms with Gasteiger partial charge in [0.15, 0.2) is 5.82 Å². The first-order valence-electron chi connectivity index (χ1n) is 5.97. The van der Waals surface area contributed by atoms with E-state index in [0.717, 1.165) is 15.8 Å². The second kappa shape index (κ2) is 6.38. The van der Waals surface area contributed by atoms with Crippen LogP contribution in [-0.4, -0.2) is 28.2 Å². The summed E-state index contributed by atoms with van der Waals surface area (Å²) in [7, 11) is 1.61. The molecule has 0 aliphatic carbocycles. The Balaban J connectivity index is 2.13. The quantitative estimate of drug-likeness (QED) is 0.492. The average Bonchev–Trinajstić information content (AvgIpc) is 2.80. The molecule has 0 atom stereocenters. The molecule has 0 amide bonds. The first kappa shape index (κ1) is 14.3. The van der Waals surface area contributed by atoms with Crippen LogP contribution in [0.2, 0.25) is 0 Å². The maximum Gasteiger partial charge on any atom is 0.263 e. The number of nitrogens with two attached hydrogens (primary N) is 1. The van der Waals surface area contributed by atoms with Gasteiger partial charge in [-0.3, -0.25) is 0 Å². The predicted octanol–water partition coefficient (Wildman–Crippen LogP) is 1.77. The van der Waals surface area contributed by atoms with Crippen LogP contribution < -0.4 is 16.0 Å². The molecule has 1 aromatic carbocycles. The lowest BCUT2D eigenvalue weighted by Crippen LogP contribution is -2.14. The summed E-state index contributed by atoms with van der Waals surface area (Å²) in [4.78, 5) is 0. The van der Waals surface area contributed by atoms with E-state index in [1.807, 2.05) is 25.1 Å². The molecule has 0 spiro atoms. The molecule has 7 nitrogen and oxygen atoms in total. The molecule has 0 unspecified atom stereocenters. The molecule has 0 bridgehead atoms. The van der Waals surface area contributed by atoms with Crippen molar-refractivity contribution >= 4 is 28.1 Å². The van der Waals surface area contributed by atoms with Gasteiger partial charge in [0.2, 0.25) is 0 Å². The maximum atomic E-state index is 5.80. The Kier molecular flexibility index (Phi) is 4.57. The molecule has 8 heteroatoms. The van der Waals surface area contributed by atoms with Crippen molar-refractivity contribution < 1.29 is 4.74 Å². The van der Waals surface area contributed by atoms with E-state index >= 15 is 0 Å². The number of aromatic nitrogens is 3. The van der Waals surface area contributed by atoms with E-state index in [1.54, 1.807) is 13.3 Å². The Morgan fingerprint density at radius 2 is 2.30 bits per heavy atom. The van der Waals surface area contributed by atoms with Crippen LogP contribution in [0.15, 0.2) is 27.8 Å².